The van der Waals surface area contributed by atoms with Gasteiger partial charge in [0.2, 0.25) is 0 Å². The average molecular weight is 306 g/mol. The van der Waals surface area contributed by atoms with Crippen LogP contribution in [0.15, 0.2) is 24.5 Å². The van der Waals surface area contributed by atoms with Crippen molar-refractivity contribution >= 4 is 11.9 Å². The van der Waals surface area contributed by atoms with E-state index in [0.29, 0.717) is 31.8 Å². The van der Waals surface area contributed by atoms with Gasteiger partial charge in [-0.05, 0) is 25.0 Å². The Hall–Kier alpha value is -2.15. The van der Waals surface area contributed by atoms with E-state index >= 15 is 0 Å². The van der Waals surface area contributed by atoms with Gasteiger partial charge in [0.15, 0.2) is 0 Å². The van der Waals surface area contributed by atoms with Crippen LogP contribution < -0.4 is 16.0 Å². The van der Waals surface area contributed by atoms with Crippen LogP contribution in [0.5, 0.6) is 0 Å². The molecule has 3 N–H and O–H groups in total. The third-order valence-corrected chi connectivity index (χ3v) is 3.65. The van der Waals surface area contributed by atoms with Crippen molar-refractivity contribution in [1.82, 2.24) is 20.9 Å². The first-order chi connectivity index (χ1) is 10.7. The lowest BCUT2D eigenvalue weighted by Gasteiger charge is -2.15. The summed E-state index contributed by atoms with van der Waals surface area (Å²) >= 11 is 0. The summed E-state index contributed by atoms with van der Waals surface area (Å²) in [5.74, 6) is -0.202. The molecule has 1 aromatic heterocycles. The number of aromatic nitrogens is 1. The predicted octanol–water partition coefficient (Wildman–Crippen LogP) is 0.537. The third-order valence-electron chi connectivity index (χ3n) is 3.65. The predicted molar refractivity (Wildman–Crippen MR) is 81.5 cm³/mol. The smallest absolute Gasteiger partial charge is 0.314 e. The Kier molecular flexibility index (Phi) is 5.71. The number of ether oxygens (including phenoxy) is 1. The van der Waals surface area contributed by atoms with E-state index in [1.165, 1.54) is 6.20 Å². The molecular formula is C15H22N4O3. The normalized spacial score (nSPS) is 15.0. The maximum absolute atomic E-state index is 11.7. The Morgan fingerprint density at radius 2 is 2.05 bits per heavy atom. The minimum atomic E-state index is -0.224. The molecule has 1 aliphatic rings. The molecule has 0 unspecified atom stereocenters. The van der Waals surface area contributed by atoms with Crippen molar-refractivity contribution in [1.29, 1.82) is 0 Å². The molecule has 1 aromatic rings. The van der Waals surface area contributed by atoms with E-state index in [1.54, 1.807) is 25.4 Å². The van der Waals surface area contributed by atoms with Crippen LogP contribution in [0.3, 0.4) is 0 Å². The molecule has 22 heavy (non-hydrogen) atoms. The van der Waals surface area contributed by atoms with Crippen LogP contribution in [0.25, 0.3) is 0 Å². The van der Waals surface area contributed by atoms with Gasteiger partial charge in [-0.1, -0.05) is 0 Å². The monoisotopic (exact) mass is 306 g/mol. The molecule has 0 saturated heterocycles. The molecule has 0 aromatic carbocycles. The number of pyridine rings is 1. The standard InChI is InChI=1S/C15H22N4O3/c1-22-11-15(4-5-15)10-19-14(21)18-8-7-17-13(20)12-3-2-6-16-9-12/h2-3,6,9H,4-5,7-8,10-11H2,1H3,(H,17,20)(H2,18,19,21). The number of hydrogen-bond donors (Lipinski definition) is 3. The summed E-state index contributed by atoms with van der Waals surface area (Å²) in [4.78, 5) is 27.3. The lowest BCUT2D eigenvalue weighted by Crippen LogP contribution is -2.42. The minimum Gasteiger partial charge on any atom is -0.384 e. The number of hydrogen-bond acceptors (Lipinski definition) is 4. The average Bonchev–Trinajstić information content (AvgIpc) is 3.31. The zero-order valence-electron chi connectivity index (χ0n) is 12.7. The molecule has 1 saturated carbocycles. The van der Waals surface area contributed by atoms with Crippen LogP contribution >= 0.6 is 0 Å². The van der Waals surface area contributed by atoms with Gasteiger partial charge < -0.3 is 20.7 Å². The Balaban J connectivity index is 1.57. The lowest BCUT2D eigenvalue weighted by molar-refractivity contribution is 0.0953. The number of rotatable bonds is 8. The van der Waals surface area contributed by atoms with E-state index in [1.807, 2.05) is 0 Å². The summed E-state index contributed by atoms with van der Waals surface area (Å²) in [5, 5.41) is 8.27. The molecule has 0 bridgehead atoms. The lowest BCUT2D eigenvalue weighted by atomic mass is 10.1. The first-order valence-electron chi connectivity index (χ1n) is 7.34. The number of methoxy groups -OCH3 is 1. The van der Waals surface area contributed by atoms with Gasteiger partial charge in [0.1, 0.15) is 0 Å². The number of amides is 3. The quantitative estimate of drug-likeness (QED) is 0.611. The van der Waals surface area contributed by atoms with Gasteiger partial charge in [-0.15, -0.1) is 0 Å². The first-order valence-corrected chi connectivity index (χ1v) is 7.34. The molecular weight excluding hydrogens is 284 g/mol. The van der Waals surface area contributed by atoms with E-state index in [0.717, 1.165) is 12.8 Å². The van der Waals surface area contributed by atoms with Crippen LogP contribution in [-0.4, -0.2) is 50.3 Å². The number of nitrogens with zero attached hydrogens (tertiary/aromatic N) is 1. The molecule has 0 radical (unpaired) electrons. The van der Waals surface area contributed by atoms with Crippen LogP contribution in [0.4, 0.5) is 4.79 Å². The van der Waals surface area contributed by atoms with Gasteiger partial charge in [0.05, 0.1) is 12.2 Å². The van der Waals surface area contributed by atoms with Crippen molar-refractivity contribution in [2.24, 2.45) is 5.41 Å². The number of urea groups is 1. The molecule has 0 spiro atoms. The summed E-state index contributed by atoms with van der Waals surface area (Å²) in [6.45, 7) is 2.03. The number of nitrogens with one attached hydrogen (secondary N) is 3. The van der Waals surface area contributed by atoms with Crippen molar-refractivity contribution in [3.05, 3.63) is 30.1 Å². The molecule has 120 valence electrons. The highest BCUT2D eigenvalue weighted by Gasteiger charge is 2.42. The van der Waals surface area contributed by atoms with E-state index in [4.69, 9.17) is 4.74 Å². The molecule has 1 fully saturated rings. The maximum atomic E-state index is 11.7. The second-order valence-corrected chi connectivity index (χ2v) is 5.54. The van der Waals surface area contributed by atoms with Gasteiger partial charge >= 0.3 is 6.03 Å². The Bertz CT molecular complexity index is 503. The molecule has 2 rings (SSSR count). The highest BCUT2D eigenvalue weighted by Crippen LogP contribution is 2.44. The van der Waals surface area contributed by atoms with Crippen molar-refractivity contribution < 1.29 is 14.3 Å². The molecule has 0 atom stereocenters. The molecule has 1 heterocycles. The van der Waals surface area contributed by atoms with Crippen LogP contribution in [-0.2, 0) is 4.74 Å². The van der Waals surface area contributed by atoms with Crippen LogP contribution in [0.2, 0.25) is 0 Å². The Morgan fingerprint density at radius 1 is 1.27 bits per heavy atom. The van der Waals surface area contributed by atoms with Crippen LogP contribution in [0, 0.1) is 5.41 Å². The van der Waals surface area contributed by atoms with E-state index in [-0.39, 0.29) is 17.4 Å². The second kappa shape index (κ2) is 7.74. The first kappa shape index (κ1) is 16.2. The number of carbonyl (C=O) groups is 2. The largest absolute Gasteiger partial charge is 0.384 e. The zero-order chi connectivity index (χ0) is 15.8. The third kappa shape index (κ3) is 5.00. The fraction of sp³-hybridized carbons (Fsp3) is 0.533. The topological polar surface area (TPSA) is 92.4 Å². The highest BCUT2D eigenvalue weighted by atomic mass is 16.5. The summed E-state index contributed by atoms with van der Waals surface area (Å²) < 4.78 is 5.14. The summed E-state index contributed by atoms with van der Waals surface area (Å²) in [5.41, 5.74) is 0.628. The van der Waals surface area contributed by atoms with Gasteiger partial charge in [-0.25, -0.2) is 4.79 Å². The molecule has 1 aliphatic carbocycles. The number of carbonyl (C=O) groups excluding carboxylic acids is 2. The van der Waals surface area contributed by atoms with E-state index < -0.39 is 0 Å². The van der Waals surface area contributed by atoms with E-state index in [2.05, 4.69) is 20.9 Å². The summed E-state index contributed by atoms with van der Waals surface area (Å²) in [6.07, 6.45) is 5.28. The Labute approximate surface area is 129 Å². The van der Waals surface area contributed by atoms with Crippen molar-refractivity contribution in [2.45, 2.75) is 12.8 Å². The van der Waals surface area contributed by atoms with Gasteiger partial charge in [0.25, 0.3) is 5.91 Å². The van der Waals surface area contributed by atoms with Crippen LogP contribution in [0.1, 0.15) is 23.2 Å². The van der Waals surface area contributed by atoms with Gasteiger partial charge in [-0.3, -0.25) is 9.78 Å². The minimum absolute atomic E-state index is 0.126. The van der Waals surface area contributed by atoms with E-state index in [9.17, 15) is 9.59 Å². The maximum Gasteiger partial charge on any atom is 0.314 e. The van der Waals surface area contributed by atoms with Gasteiger partial charge in [0, 0.05) is 44.6 Å². The summed E-state index contributed by atoms with van der Waals surface area (Å²) in [7, 11) is 1.67. The zero-order valence-corrected chi connectivity index (χ0v) is 12.7. The van der Waals surface area contributed by atoms with Crippen molar-refractivity contribution in [3.8, 4) is 0 Å². The fourth-order valence-corrected chi connectivity index (χ4v) is 2.14. The fourth-order valence-electron chi connectivity index (χ4n) is 2.14. The Morgan fingerprint density at radius 3 is 2.68 bits per heavy atom. The molecule has 7 heteroatoms. The van der Waals surface area contributed by atoms with Crippen molar-refractivity contribution in [3.63, 3.8) is 0 Å². The van der Waals surface area contributed by atoms with Crippen molar-refractivity contribution in [2.75, 3.05) is 33.4 Å². The highest BCUT2D eigenvalue weighted by molar-refractivity contribution is 5.93. The molecule has 3 amide bonds. The second-order valence-electron chi connectivity index (χ2n) is 5.54. The molecule has 0 aliphatic heterocycles. The van der Waals surface area contributed by atoms with Gasteiger partial charge in [-0.2, -0.15) is 0 Å². The summed E-state index contributed by atoms with van der Waals surface area (Å²) in [6, 6.07) is 3.17. The molecule has 7 nitrogen and oxygen atoms in total. The SMILES string of the molecule is COCC1(CNC(=O)NCCNC(=O)c2cccnc2)CC1.